The largest absolute Gasteiger partial charge is 0.577 e. The first-order valence-corrected chi connectivity index (χ1v) is 3.93. The van der Waals surface area contributed by atoms with E-state index in [-0.39, 0.29) is 0 Å². The molecule has 0 amide bonds. The third kappa shape index (κ3) is 5.93. The molecule has 0 aromatic heterocycles. The van der Waals surface area contributed by atoms with Gasteiger partial charge in [-0.3, -0.25) is 4.55 Å². The molecule has 6 nitrogen and oxygen atoms in total. The number of hydrogen-bond acceptors (Lipinski definition) is 4. The molecule has 0 aromatic rings. The maximum absolute atomic E-state index is 9.50. The fraction of sp³-hybridized carbons (Fsp3) is 0. The Morgan fingerprint density at radius 3 is 2.00 bits per heavy atom. The van der Waals surface area contributed by atoms with Crippen LogP contribution in [0.15, 0.2) is 0 Å². The summed E-state index contributed by atoms with van der Waals surface area (Å²) in [7, 11) is -7.85. The Morgan fingerprint density at radius 1 is 1.62 bits per heavy atom. The highest BCUT2D eigenvalue weighted by Gasteiger charge is 2.11. The van der Waals surface area contributed by atoms with Crippen LogP contribution in [-0.2, 0) is 14.9 Å². The second kappa shape index (κ2) is 2.47. The molecule has 0 aliphatic heterocycles. The topological polar surface area (TPSA) is 107 Å². The van der Waals surface area contributed by atoms with Gasteiger partial charge in [0.25, 0.3) is 0 Å². The highest BCUT2D eigenvalue weighted by molar-refractivity contribution is 7.88. The lowest BCUT2D eigenvalue weighted by Crippen LogP contribution is -2.18. The van der Waals surface area contributed by atoms with E-state index in [1.165, 1.54) is 0 Å². The number of rotatable bonds is 2. The molecule has 0 aliphatic carbocycles. The Bertz CT molecular complexity index is 179. The van der Waals surface area contributed by atoms with Crippen LogP contribution in [0.25, 0.3) is 0 Å². The molecule has 0 rings (SSSR count). The smallest absolute Gasteiger partial charge is 0.425 e. The van der Waals surface area contributed by atoms with E-state index in [4.69, 9.17) is 4.55 Å². The summed E-state index contributed by atoms with van der Waals surface area (Å²) in [5, 5.41) is 0. The van der Waals surface area contributed by atoms with Gasteiger partial charge in [0.05, 0.1) is 0 Å². The molecule has 0 fully saturated rings. The van der Waals surface area contributed by atoms with E-state index in [2.05, 4.69) is 0 Å². The van der Waals surface area contributed by atoms with E-state index in [1.54, 1.807) is 0 Å². The van der Waals surface area contributed by atoms with Crippen molar-refractivity contribution < 1.29 is 22.4 Å². The molecule has 0 aromatic carbocycles. The van der Waals surface area contributed by atoms with Crippen LogP contribution in [0.2, 0.25) is 0 Å². The minimum Gasteiger partial charge on any atom is -0.577 e. The molecule has 1 atom stereocenters. The minimum absolute atomic E-state index is 0.863. The lowest BCUT2D eigenvalue weighted by Gasteiger charge is -1.84. The van der Waals surface area contributed by atoms with Crippen molar-refractivity contribution in [2.24, 2.45) is 0 Å². The van der Waals surface area contributed by atoms with E-state index in [0.29, 0.717) is 0 Å². The molecule has 0 bridgehead atoms. The molecule has 0 radical (unpaired) electrons. The molecule has 0 spiro atoms. The zero-order valence-corrected chi connectivity index (χ0v) is 5.15. The fourth-order valence-corrected chi connectivity index (χ4v) is 0.848. The van der Waals surface area contributed by atoms with Crippen molar-refractivity contribution in [3.8, 4) is 0 Å². The summed E-state index contributed by atoms with van der Waals surface area (Å²) >= 11 is 0. The van der Waals surface area contributed by atoms with Gasteiger partial charge >= 0.3 is 18.5 Å². The van der Waals surface area contributed by atoms with Gasteiger partial charge in [0.2, 0.25) is 0 Å². The van der Waals surface area contributed by atoms with Crippen molar-refractivity contribution in [2.45, 2.75) is 0 Å². The van der Waals surface area contributed by atoms with Gasteiger partial charge in [-0.05, 0) is 0 Å². The van der Waals surface area contributed by atoms with E-state index < -0.39 is 18.5 Å². The average molecular weight is 159 g/mol. The predicted octanol–water partition coefficient (Wildman–Crippen LogP) is -1.60. The van der Waals surface area contributed by atoms with Gasteiger partial charge in [0.1, 0.15) is 0 Å². The van der Waals surface area contributed by atoms with Crippen LogP contribution in [0.1, 0.15) is 0 Å². The van der Waals surface area contributed by atoms with Crippen LogP contribution in [0.5, 0.6) is 0 Å². The summed E-state index contributed by atoms with van der Waals surface area (Å²) in [6.07, 6.45) is 0. The third-order valence-electron chi connectivity index (χ3n) is 0.190. The molecule has 2 N–H and O–H groups in total. The molecule has 0 saturated carbocycles. The van der Waals surface area contributed by atoms with Crippen molar-refractivity contribution >= 4 is 18.5 Å². The zero-order chi connectivity index (χ0) is 6.78. The monoisotopic (exact) mass is 159 g/mol. The first kappa shape index (κ1) is 7.93. The molecular formula is H2NO5PS. The summed E-state index contributed by atoms with van der Waals surface area (Å²) in [6, 6.07) is 0. The average Bonchev–Trinajstić information content (AvgIpc) is 1.21. The van der Waals surface area contributed by atoms with Gasteiger partial charge in [-0.1, -0.05) is 4.57 Å². The maximum Gasteiger partial charge on any atom is 0.425 e. The van der Waals surface area contributed by atoms with Gasteiger partial charge in [-0.2, -0.15) is 8.42 Å². The second-order valence-corrected chi connectivity index (χ2v) is 3.02. The standard InChI is InChI=1S/H2NO5PS/c2-7(3)1-8(4,5)6/h(H,1,2,3)(H,4,5,6). The first-order valence-electron chi connectivity index (χ1n) is 1.31. The Balaban J connectivity index is 3.95. The van der Waals surface area contributed by atoms with Gasteiger partial charge in [-0.25, -0.2) is 0 Å². The van der Waals surface area contributed by atoms with E-state index in [1.807, 2.05) is 0 Å². The predicted molar refractivity (Wildman–Crippen MR) is 22.3 cm³/mol. The molecule has 1 unspecified atom stereocenters. The normalized spacial score (nSPS) is 13.5. The van der Waals surface area contributed by atoms with Gasteiger partial charge < -0.3 is 4.89 Å². The Morgan fingerprint density at radius 2 is 2.00 bits per heavy atom. The van der Waals surface area contributed by atoms with Gasteiger partial charge in [0.15, 0.2) is 0 Å². The molecule has 48 valence electrons. The van der Waals surface area contributed by atoms with Gasteiger partial charge in [-0.15, -0.1) is 0 Å². The van der Waals surface area contributed by atoms with Crippen molar-refractivity contribution in [1.29, 1.82) is 0 Å². The van der Waals surface area contributed by atoms with Crippen molar-refractivity contribution in [3.63, 3.8) is 0 Å². The Hall–Kier alpha value is -0.0700. The minimum atomic E-state index is -4.57. The molecule has 0 saturated heterocycles. The molecule has 8 heteroatoms. The van der Waals surface area contributed by atoms with E-state index in [9.17, 15) is 17.9 Å². The molecule has 8 heavy (non-hydrogen) atoms. The van der Waals surface area contributed by atoms with Crippen molar-refractivity contribution in [2.75, 3.05) is 0 Å². The maximum atomic E-state index is 9.50. The van der Waals surface area contributed by atoms with Crippen LogP contribution >= 0.6 is 8.18 Å². The SMILES string of the molecule is O=[P+]([O-])NS(=O)(=O)O. The Labute approximate surface area is 46.3 Å². The van der Waals surface area contributed by atoms with Crippen LogP contribution < -0.4 is 9.39 Å². The first-order chi connectivity index (χ1) is 3.42. The molecule has 0 heterocycles. The molecule has 0 aliphatic rings. The third-order valence-corrected chi connectivity index (χ3v) is 1.71. The lowest BCUT2D eigenvalue weighted by molar-refractivity contribution is -0.165. The summed E-state index contributed by atoms with van der Waals surface area (Å²) in [5.41, 5.74) is 0. The summed E-state index contributed by atoms with van der Waals surface area (Å²) < 4.78 is 36.9. The molecular weight excluding hydrogens is 157 g/mol. The van der Waals surface area contributed by atoms with Crippen molar-refractivity contribution in [3.05, 3.63) is 0 Å². The highest BCUT2D eigenvalue weighted by atomic mass is 32.2. The van der Waals surface area contributed by atoms with Crippen molar-refractivity contribution in [1.82, 2.24) is 4.49 Å². The quantitative estimate of drug-likeness (QED) is 0.372. The second-order valence-electron chi connectivity index (χ2n) is 0.823. The fourth-order valence-electron chi connectivity index (χ4n) is 0.0942. The van der Waals surface area contributed by atoms with Crippen LogP contribution in [-0.4, -0.2) is 13.0 Å². The summed E-state index contributed by atoms with van der Waals surface area (Å²) in [6.45, 7) is 0. The van der Waals surface area contributed by atoms with Crippen LogP contribution in [0.4, 0.5) is 0 Å². The van der Waals surface area contributed by atoms with Gasteiger partial charge in [0, 0.05) is 4.49 Å². The summed E-state index contributed by atoms with van der Waals surface area (Å²) in [5.74, 6) is 0. The number of nitrogens with one attached hydrogen (secondary N) is 1. The van der Waals surface area contributed by atoms with E-state index >= 15 is 0 Å². The van der Waals surface area contributed by atoms with E-state index in [0.717, 1.165) is 4.49 Å². The lowest BCUT2D eigenvalue weighted by atomic mass is 13.9. The van der Waals surface area contributed by atoms with Crippen LogP contribution in [0, 0.1) is 0 Å². The zero-order valence-electron chi connectivity index (χ0n) is 3.44. The number of hydrogen-bond donors (Lipinski definition) is 2. The highest BCUT2D eigenvalue weighted by Crippen LogP contribution is 1.98. The summed E-state index contributed by atoms with van der Waals surface area (Å²) in [4.78, 5) is 9.40. The van der Waals surface area contributed by atoms with Crippen LogP contribution in [0.3, 0.4) is 0 Å². The Kier molecular flexibility index (Phi) is 2.45.